The van der Waals surface area contributed by atoms with E-state index in [0.717, 1.165) is 11.6 Å². The van der Waals surface area contributed by atoms with E-state index in [9.17, 15) is 18.0 Å². The fraction of sp³-hybridized carbons (Fsp3) is 0.280. The molecule has 2 aromatic carbocycles. The number of anilines is 1. The summed E-state index contributed by atoms with van der Waals surface area (Å²) in [5.41, 5.74) is 0.310. The molecule has 1 spiro atoms. The van der Waals surface area contributed by atoms with Gasteiger partial charge in [0, 0.05) is 23.0 Å². The molecule has 4 heterocycles. The topological polar surface area (TPSA) is 60.9 Å². The maximum atomic E-state index is 14.1. The van der Waals surface area contributed by atoms with Gasteiger partial charge in [0.1, 0.15) is 31.0 Å². The Morgan fingerprint density at radius 2 is 1.82 bits per heavy atom. The van der Waals surface area contributed by atoms with Crippen LogP contribution in [0.4, 0.5) is 18.9 Å². The quantitative estimate of drug-likeness (QED) is 0.558. The lowest BCUT2D eigenvalue weighted by Crippen LogP contribution is -2.42. The number of carbonyl (C=O) groups is 1. The number of pyridine rings is 1. The lowest BCUT2D eigenvalue weighted by atomic mass is 9.76. The monoisotopic (exact) mass is 468 g/mol. The van der Waals surface area contributed by atoms with E-state index >= 15 is 0 Å². The van der Waals surface area contributed by atoms with Crippen molar-refractivity contribution in [2.75, 3.05) is 24.7 Å². The second kappa shape index (κ2) is 7.12. The van der Waals surface area contributed by atoms with Crippen molar-refractivity contribution in [2.45, 2.75) is 25.1 Å². The number of hydrogen-bond donors (Lipinski definition) is 0. The van der Waals surface area contributed by atoms with Gasteiger partial charge in [-0.15, -0.1) is 0 Å². The minimum atomic E-state index is -4.58. The Hall–Kier alpha value is -3.75. The maximum Gasteiger partial charge on any atom is 0.418 e. The molecule has 6 rings (SSSR count). The Morgan fingerprint density at radius 3 is 2.65 bits per heavy atom. The molecule has 0 bridgehead atoms. The summed E-state index contributed by atoms with van der Waals surface area (Å²) in [4.78, 5) is 19.4. The normalized spacial score (nSPS) is 20.4. The highest BCUT2D eigenvalue weighted by atomic mass is 19.4. The van der Waals surface area contributed by atoms with Gasteiger partial charge in [-0.25, -0.2) is 0 Å². The summed E-state index contributed by atoms with van der Waals surface area (Å²) >= 11 is 0. The van der Waals surface area contributed by atoms with Gasteiger partial charge in [0.2, 0.25) is 5.91 Å². The van der Waals surface area contributed by atoms with Crippen LogP contribution in [0, 0.1) is 6.92 Å². The molecule has 3 aromatic rings. The number of hydrogen-bond acceptors (Lipinski definition) is 5. The van der Waals surface area contributed by atoms with Crippen molar-refractivity contribution in [1.29, 1.82) is 0 Å². The molecule has 174 valence electrons. The Labute approximate surface area is 192 Å². The predicted molar refractivity (Wildman–Crippen MR) is 115 cm³/mol. The number of para-hydroxylation sites is 1. The first-order valence-electron chi connectivity index (χ1n) is 10.8. The predicted octanol–water partition coefficient (Wildman–Crippen LogP) is 4.41. The van der Waals surface area contributed by atoms with Gasteiger partial charge in [0.15, 0.2) is 11.5 Å². The van der Waals surface area contributed by atoms with Crippen molar-refractivity contribution in [3.63, 3.8) is 0 Å². The Balaban J connectivity index is 1.50. The van der Waals surface area contributed by atoms with Gasteiger partial charge in [0.05, 0.1) is 17.8 Å². The zero-order chi connectivity index (χ0) is 23.7. The van der Waals surface area contributed by atoms with Crippen LogP contribution < -0.4 is 19.1 Å². The molecule has 34 heavy (non-hydrogen) atoms. The fourth-order valence-electron chi connectivity index (χ4n) is 5.15. The van der Waals surface area contributed by atoms with E-state index in [1.54, 1.807) is 18.2 Å². The van der Waals surface area contributed by atoms with E-state index in [1.807, 2.05) is 19.1 Å². The lowest BCUT2D eigenvalue weighted by molar-refractivity contribution is -0.138. The summed E-state index contributed by atoms with van der Waals surface area (Å²) in [5, 5.41) is 0. The summed E-state index contributed by atoms with van der Waals surface area (Å²) in [7, 11) is 0. The van der Waals surface area contributed by atoms with Crippen LogP contribution in [0.15, 0.2) is 48.7 Å². The Bertz CT molecular complexity index is 1340. The average molecular weight is 468 g/mol. The van der Waals surface area contributed by atoms with Crippen molar-refractivity contribution in [1.82, 2.24) is 4.98 Å². The molecular weight excluding hydrogens is 449 g/mol. The largest absolute Gasteiger partial charge is 0.491 e. The second-order valence-corrected chi connectivity index (χ2v) is 8.50. The molecule has 0 saturated heterocycles. The Kier molecular flexibility index (Phi) is 4.36. The maximum absolute atomic E-state index is 14.1. The van der Waals surface area contributed by atoms with Gasteiger partial charge in [-0.3, -0.25) is 9.78 Å². The number of halogens is 3. The van der Waals surface area contributed by atoms with E-state index in [0.29, 0.717) is 47.3 Å². The summed E-state index contributed by atoms with van der Waals surface area (Å²) in [6.45, 7) is 2.37. The molecule has 0 N–H and O–H groups in total. The molecular formula is C25H19F3N2O4. The number of amides is 1. The van der Waals surface area contributed by atoms with Gasteiger partial charge >= 0.3 is 6.18 Å². The number of alkyl halides is 3. The fourth-order valence-corrected chi connectivity index (χ4v) is 5.15. The smallest absolute Gasteiger partial charge is 0.418 e. The molecule has 0 saturated carbocycles. The summed E-state index contributed by atoms with van der Waals surface area (Å²) in [5.74, 6) is 1.30. The molecule has 0 radical (unpaired) electrons. The van der Waals surface area contributed by atoms with Crippen LogP contribution in [0.25, 0.3) is 0 Å². The lowest BCUT2D eigenvalue weighted by Gasteiger charge is -2.26. The van der Waals surface area contributed by atoms with Crippen LogP contribution in [0.3, 0.4) is 0 Å². The van der Waals surface area contributed by atoms with Crippen molar-refractivity contribution < 1.29 is 32.2 Å². The standard InChI is InChI=1S/C25H19F3N2O4/c1-14-21-17(11-20-22(14)33-10-9-32-20)24(13-34-21)16-5-2-3-7-19(16)30(23(24)31)12-18-15(25(26,27)28)6-4-8-29-18/h2-8,11H,9-10,12-13H2,1H3. The number of nitrogens with zero attached hydrogens (tertiary/aromatic N) is 2. The summed E-state index contributed by atoms with van der Waals surface area (Å²) in [6, 6.07) is 11.1. The minimum Gasteiger partial charge on any atom is -0.491 e. The molecule has 0 fully saturated rings. The molecule has 3 aliphatic heterocycles. The van der Waals surface area contributed by atoms with Gasteiger partial charge in [-0.2, -0.15) is 13.2 Å². The third-order valence-corrected chi connectivity index (χ3v) is 6.67. The van der Waals surface area contributed by atoms with Crippen molar-refractivity contribution in [3.05, 3.63) is 76.6 Å². The minimum absolute atomic E-state index is 0.0345. The summed E-state index contributed by atoms with van der Waals surface area (Å²) < 4.78 is 58.5. The highest BCUT2D eigenvalue weighted by Gasteiger charge is 2.58. The molecule has 1 amide bonds. The second-order valence-electron chi connectivity index (χ2n) is 8.50. The molecule has 3 aliphatic rings. The molecule has 1 aromatic heterocycles. The van der Waals surface area contributed by atoms with Gasteiger partial charge < -0.3 is 19.1 Å². The number of benzene rings is 2. The SMILES string of the molecule is Cc1c2c(cc3c1OCC31C(=O)N(Cc3ncccc3C(F)(F)F)c3ccccc31)OCCO2. The van der Waals surface area contributed by atoms with Crippen LogP contribution in [0.5, 0.6) is 17.2 Å². The van der Waals surface area contributed by atoms with Gasteiger partial charge in [-0.1, -0.05) is 18.2 Å². The van der Waals surface area contributed by atoms with E-state index in [2.05, 4.69) is 4.98 Å². The Morgan fingerprint density at radius 1 is 1.03 bits per heavy atom. The van der Waals surface area contributed by atoms with Crippen LogP contribution in [0.1, 0.15) is 27.9 Å². The van der Waals surface area contributed by atoms with Crippen molar-refractivity contribution >= 4 is 11.6 Å². The summed E-state index contributed by atoms with van der Waals surface area (Å²) in [6.07, 6.45) is -3.28. The average Bonchev–Trinajstić information content (AvgIpc) is 3.32. The van der Waals surface area contributed by atoms with E-state index in [4.69, 9.17) is 14.2 Å². The zero-order valence-corrected chi connectivity index (χ0v) is 18.1. The van der Waals surface area contributed by atoms with E-state index in [1.165, 1.54) is 17.2 Å². The van der Waals surface area contributed by atoms with Gasteiger partial charge in [-0.05, 0) is 36.8 Å². The molecule has 1 atom stereocenters. The third kappa shape index (κ3) is 2.76. The van der Waals surface area contributed by atoms with Crippen molar-refractivity contribution in [2.24, 2.45) is 0 Å². The molecule has 0 aliphatic carbocycles. The highest BCUT2D eigenvalue weighted by Crippen LogP contribution is 2.56. The highest BCUT2D eigenvalue weighted by molar-refractivity contribution is 6.11. The van der Waals surface area contributed by atoms with Crippen LogP contribution >= 0.6 is 0 Å². The van der Waals surface area contributed by atoms with Crippen molar-refractivity contribution in [3.8, 4) is 17.2 Å². The first-order chi connectivity index (χ1) is 16.3. The molecule has 1 unspecified atom stereocenters. The molecule has 6 nitrogen and oxygen atoms in total. The first-order valence-corrected chi connectivity index (χ1v) is 10.8. The number of ether oxygens (including phenoxy) is 3. The third-order valence-electron chi connectivity index (χ3n) is 6.67. The van der Waals surface area contributed by atoms with Crippen LogP contribution in [0.2, 0.25) is 0 Å². The van der Waals surface area contributed by atoms with E-state index in [-0.39, 0.29) is 24.8 Å². The van der Waals surface area contributed by atoms with Gasteiger partial charge in [0.25, 0.3) is 0 Å². The number of fused-ring (bicyclic) bond motifs is 5. The molecule has 9 heteroatoms. The van der Waals surface area contributed by atoms with E-state index < -0.39 is 17.2 Å². The zero-order valence-electron chi connectivity index (χ0n) is 18.1. The number of aromatic nitrogens is 1. The number of rotatable bonds is 2. The number of carbonyl (C=O) groups excluding carboxylic acids is 1. The van der Waals surface area contributed by atoms with Crippen LogP contribution in [-0.2, 0) is 22.9 Å². The first kappa shape index (κ1) is 20.8. The van der Waals surface area contributed by atoms with Crippen LogP contribution in [-0.4, -0.2) is 30.7 Å².